The number of hydrogen-bond acceptors (Lipinski definition) is 4. The Morgan fingerprint density at radius 3 is 2.88 bits per heavy atom. The molecule has 1 saturated heterocycles. The zero-order chi connectivity index (χ0) is 17.6. The lowest BCUT2D eigenvalue weighted by atomic mass is 9.99. The van der Waals surface area contributed by atoms with Crippen molar-refractivity contribution in [2.24, 2.45) is 0 Å². The van der Waals surface area contributed by atoms with Gasteiger partial charge in [0.1, 0.15) is 5.69 Å². The minimum atomic E-state index is 0.0146. The zero-order valence-electron chi connectivity index (χ0n) is 15.0. The van der Waals surface area contributed by atoms with Gasteiger partial charge in [-0.2, -0.15) is 0 Å². The quantitative estimate of drug-likeness (QED) is 0.888. The van der Waals surface area contributed by atoms with Crippen LogP contribution in [0, 0.1) is 0 Å². The highest BCUT2D eigenvalue weighted by atomic mass is 16.2. The van der Waals surface area contributed by atoms with Crippen molar-refractivity contribution in [2.45, 2.75) is 52.0 Å². The Hall–Kier alpha value is -2.43. The summed E-state index contributed by atoms with van der Waals surface area (Å²) < 4.78 is 0. The van der Waals surface area contributed by atoms with Crippen LogP contribution in [0.1, 0.15) is 55.6 Å². The molecule has 1 aromatic heterocycles. The summed E-state index contributed by atoms with van der Waals surface area (Å²) >= 11 is 0. The zero-order valence-corrected chi connectivity index (χ0v) is 15.0. The molecule has 1 aliphatic heterocycles. The van der Waals surface area contributed by atoms with Crippen LogP contribution in [-0.4, -0.2) is 33.4 Å². The third-order valence-corrected chi connectivity index (χ3v) is 4.88. The molecule has 1 atom stereocenters. The summed E-state index contributed by atoms with van der Waals surface area (Å²) in [5.41, 5.74) is 2.65. The fraction of sp³-hybridized carbons (Fsp3) is 0.450. The van der Waals surface area contributed by atoms with Crippen LogP contribution in [0.4, 0.5) is 11.6 Å². The molecule has 1 N–H and O–H groups in total. The monoisotopic (exact) mass is 338 g/mol. The number of carbonyl (C=O) groups is 1. The van der Waals surface area contributed by atoms with Gasteiger partial charge in [-0.25, -0.2) is 9.97 Å². The molecule has 2 heterocycles. The molecule has 2 aromatic rings. The Morgan fingerprint density at radius 2 is 2.08 bits per heavy atom. The molecule has 1 unspecified atom stereocenters. The van der Waals surface area contributed by atoms with E-state index in [1.54, 1.807) is 12.3 Å². The summed E-state index contributed by atoms with van der Waals surface area (Å²) in [5.74, 6) is 0.484. The minimum Gasteiger partial charge on any atom is -0.334 e. The molecule has 1 amide bonds. The number of carbonyl (C=O) groups excluding carboxylic acids is 1. The molecule has 0 aliphatic carbocycles. The van der Waals surface area contributed by atoms with Gasteiger partial charge < -0.3 is 10.2 Å². The first-order valence-corrected chi connectivity index (χ1v) is 9.21. The van der Waals surface area contributed by atoms with E-state index >= 15 is 0 Å². The largest absolute Gasteiger partial charge is 0.334 e. The number of hydrogen-bond donors (Lipinski definition) is 1. The summed E-state index contributed by atoms with van der Waals surface area (Å²) in [6, 6.07) is 10.1. The highest BCUT2D eigenvalue weighted by molar-refractivity contribution is 5.92. The third kappa shape index (κ3) is 3.98. The number of piperidine rings is 1. The molecule has 0 saturated carbocycles. The molecule has 0 radical (unpaired) electrons. The van der Waals surface area contributed by atoms with Gasteiger partial charge in [-0.1, -0.05) is 32.0 Å². The number of nitrogens with one attached hydrogen (secondary N) is 1. The molecule has 1 aromatic carbocycles. The summed E-state index contributed by atoms with van der Waals surface area (Å²) in [4.78, 5) is 23.6. The van der Waals surface area contributed by atoms with Gasteiger partial charge in [0.25, 0.3) is 5.91 Å². The molecule has 1 aliphatic rings. The molecule has 1 fully saturated rings. The first-order valence-electron chi connectivity index (χ1n) is 9.21. The lowest BCUT2D eigenvalue weighted by Gasteiger charge is -2.35. The van der Waals surface area contributed by atoms with E-state index in [1.165, 1.54) is 12.0 Å². The van der Waals surface area contributed by atoms with E-state index in [4.69, 9.17) is 0 Å². The van der Waals surface area contributed by atoms with E-state index in [-0.39, 0.29) is 5.91 Å². The number of nitrogens with zero attached hydrogens (tertiary/aromatic N) is 3. The maximum Gasteiger partial charge on any atom is 0.272 e. The highest BCUT2D eigenvalue weighted by Gasteiger charge is 2.27. The second-order valence-electron chi connectivity index (χ2n) is 6.46. The normalized spacial score (nSPS) is 17.4. The number of amides is 1. The molecule has 0 bridgehead atoms. The van der Waals surface area contributed by atoms with Gasteiger partial charge in [-0.15, -0.1) is 0 Å². The SMILES string of the molecule is CCc1ccccc1Nc1nccc(C(=O)N2CCCCC2CC)n1. The Morgan fingerprint density at radius 1 is 1.24 bits per heavy atom. The third-order valence-electron chi connectivity index (χ3n) is 4.88. The van der Waals surface area contributed by atoms with Crippen molar-refractivity contribution in [2.75, 3.05) is 11.9 Å². The van der Waals surface area contributed by atoms with Crippen LogP contribution >= 0.6 is 0 Å². The Balaban J connectivity index is 1.80. The van der Waals surface area contributed by atoms with Crippen molar-refractivity contribution in [1.82, 2.24) is 14.9 Å². The maximum absolute atomic E-state index is 12.9. The number of anilines is 2. The van der Waals surface area contributed by atoms with Gasteiger partial charge in [-0.05, 0) is 49.8 Å². The van der Waals surface area contributed by atoms with Gasteiger partial charge in [0.05, 0.1) is 0 Å². The van der Waals surface area contributed by atoms with Crippen molar-refractivity contribution in [3.63, 3.8) is 0 Å². The number of aromatic nitrogens is 2. The molecule has 5 nitrogen and oxygen atoms in total. The van der Waals surface area contributed by atoms with Crippen LogP contribution in [0.2, 0.25) is 0 Å². The van der Waals surface area contributed by atoms with Gasteiger partial charge >= 0.3 is 0 Å². The number of aryl methyl sites for hydroxylation is 1. The van der Waals surface area contributed by atoms with Crippen molar-refractivity contribution in [3.8, 4) is 0 Å². The topological polar surface area (TPSA) is 58.1 Å². The Kier molecular flexibility index (Phi) is 5.64. The van der Waals surface area contributed by atoms with Gasteiger partial charge in [0.15, 0.2) is 0 Å². The van der Waals surface area contributed by atoms with Crippen molar-refractivity contribution >= 4 is 17.5 Å². The highest BCUT2D eigenvalue weighted by Crippen LogP contribution is 2.22. The van der Waals surface area contributed by atoms with E-state index in [0.717, 1.165) is 37.9 Å². The van der Waals surface area contributed by atoms with Crippen LogP contribution < -0.4 is 5.32 Å². The van der Waals surface area contributed by atoms with Crippen molar-refractivity contribution < 1.29 is 4.79 Å². The predicted octanol–water partition coefficient (Wildman–Crippen LogP) is 4.19. The van der Waals surface area contributed by atoms with Crippen LogP contribution in [-0.2, 0) is 6.42 Å². The second kappa shape index (κ2) is 8.10. The molecule has 25 heavy (non-hydrogen) atoms. The molecule has 5 heteroatoms. The average Bonchev–Trinajstić information content (AvgIpc) is 2.68. The van der Waals surface area contributed by atoms with Gasteiger partial charge in [-0.3, -0.25) is 4.79 Å². The lowest BCUT2D eigenvalue weighted by molar-refractivity contribution is 0.0602. The van der Waals surface area contributed by atoms with Crippen LogP contribution in [0.3, 0.4) is 0 Å². The molecule has 3 rings (SSSR count). The Labute approximate surface area is 149 Å². The lowest BCUT2D eigenvalue weighted by Crippen LogP contribution is -2.43. The van der Waals surface area contributed by atoms with Gasteiger partial charge in [0.2, 0.25) is 5.95 Å². The number of rotatable bonds is 5. The summed E-state index contributed by atoms with van der Waals surface area (Å²) in [7, 11) is 0. The summed E-state index contributed by atoms with van der Waals surface area (Å²) in [6.07, 6.45) is 6.93. The molecule has 132 valence electrons. The van der Waals surface area contributed by atoms with Crippen LogP contribution in [0.5, 0.6) is 0 Å². The minimum absolute atomic E-state index is 0.0146. The van der Waals surface area contributed by atoms with Crippen molar-refractivity contribution in [1.29, 1.82) is 0 Å². The molecular formula is C20H26N4O. The average molecular weight is 338 g/mol. The smallest absolute Gasteiger partial charge is 0.272 e. The Bertz CT molecular complexity index is 731. The fourth-order valence-electron chi connectivity index (χ4n) is 3.45. The first-order chi connectivity index (χ1) is 12.2. The van der Waals surface area contributed by atoms with Crippen LogP contribution in [0.25, 0.3) is 0 Å². The second-order valence-corrected chi connectivity index (χ2v) is 6.46. The summed E-state index contributed by atoms with van der Waals surface area (Å²) in [6.45, 7) is 5.08. The molecule has 0 spiro atoms. The van der Waals surface area contributed by atoms with E-state index in [1.807, 2.05) is 23.1 Å². The number of likely N-dealkylation sites (tertiary alicyclic amines) is 1. The van der Waals surface area contributed by atoms with E-state index < -0.39 is 0 Å². The van der Waals surface area contributed by atoms with Crippen LogP contribution in [0.15, 0.2) is 36.5 Å². The first kappa shape index (κ1) is 17.4. The van der Waals surface area contributed by atoms with E-state index in [2.05, 4.69) is 35.2 Å². The standard InChI is InChI=1S/C20H26N4O/c1-3-15-9-5-6-11-17(15)22-20-21-13-12-18(23-20)19(25)24-14-8-7-10-16(24)4-2/h5-6,9,11-13,16H,3-4,7-8,10,14H2,1-2H3,(H,21,22,23). The molecular weight excluding hydrogens is 312 g/mol. The number of benzene rings is 1. The maximum atomic E-state index is 12.9. The van der Waals surface area contributed by atoms with Crippen molar-refractivity contribution in [3.05, 3.63) is 47.8 Å². The van der Waals surface area contributed by atoms with E-state index in [0.29, 0.717) is 17.7 Å². The fourth-order valence-corrected chi connectivity index (χ4v) is 3.45. The summed E-state index contributed by atoms with van der Waals surface area (Å²) in [5, 5.41) is 3.25. The number of para-hydroxylation sites is 1. The van der Waals surface area contributed by atoms with Gasteiger partial charge in [0, 0.05) is 24.5 Å². The predicted molar refractivity (Wildman–Crippen MR) is 100 cm³/mol. The van der Waals surface area contributed by atoms with E-state index in [9.17, 15) is 4.79 Å².